The molecule has 0 saturated heterocycles. The van der Waals surface area contributed by atoms with Gasteiger partial charge in [0.25, 0.3) is 0 Å². The summed E-state index contributed by atoms with van der Waals surface area (Å²) >= 11 is 0. The van der Waals surface area contributed by atoms with Gasteiger partial charge in [-0.05, 0) is 29.8 Å². The number of furan rings is 1. The lowest BCUT2D eigenvalue weighted by molar-refractivity contribution is 0.202. The number of halogens is 1. The number of nitrogens with one attached hydrogen (secondary N) is 1. The molecule has 5 heteroatoms. The molecule has 2 amide bonds. The Balaban J connectivity index is 1.82. The third-order valence-corrected chi connectivity index (χ3v) is 2.68. The van der Waals surface area contributed by atoms with Gasteiger partial charge in [-0.25, -0.2) is 9.18 Å². The van der Waals surface area contributed by atoms with E-state index in [9.17, 15) is 9.18 Å². The molecule has 0 unspecified atom stereocenters. The zero-order chi connectivity index (χ0) is 13.7. The van der Waals surface area contributed by atoms with Gasteiger partial charge >= 0.3 is 6.03 Å². The molecule has 2 rings (SSSR count). The van der Waals surface area contributed by atoms with E-state index in [0.717, 1.165) is 11.3 Å². The van der Waals surface area contributed by atoms with Crippen molar-refractivity contribution < 1.29 is 13.6 Å². The molecule has 0 bridgehead atoms. The molecule has 1 heterocycles. The maximum absolute atomic E-state index is 12.7. The molecule has 1 aromatic carbocycles. The normalized spacial score (nSPS) is 10.2. The molecular weight excluding hydrogens is 247 g/mol. The third kappa shape index (κ3) is 3.84. The largest absolute Gasteiger partial charge is 0.467 e. The highest BCUT2D eigenvalue weighted by molar-refractivity contribution is 5.73. The van der Waals surface area contributed by atoms with Gasteiger partial charge in [0.15, 0.2) is 0 Å². The van der Waals surface area contributed by atoms with E-state index < -0.39 is 0 Å². The summed E-state index contributed by atoms with van der Waals surface area (Å²) in [6.07, 6.45) is 1.57. The number of carbonyl (C=O) groups is 1. The quantitative estimate of drug-likeness (QED) is 0.920. The minimum atomic E-state index is -0.287. The van der Waals surface area contributed by atoms with Crippen LogP contribution >= 0.6 is 0 Å². The summed E-state index contributed by atoms with van der Waals surface area (Å²) in [6, 6.07) is 9.40. The van der Waals surface area contributed by atoms with Crippen LogP contribution in [0.15, 0.2) is 47.1 Å². The van der Waals surface area contributed by atoms with Gasteiger partial charge in [-0.2, -0.15) is 0 Å². The van der Waals surface area contributed by atoms with E-state index in [1.807, 2.05) is 6.07 Å². The van der Waals surface area contributed by atoms with E-state index in [1.54, 1.807) is 31.5 Å². The van der Waals surface area contributed by atoms with Crippen molar-refractivity contribution >= 4 is 6.03 Å². The Bertz CT molecular complexity index is 523. The number of nitrogens with zero attached hydrogens (tertiary/aromatic N) is 1. The first-order valence-corrected chi connectivity index (χ1v) is 5.91. The second-order valence-corrected chi connectivity index (χ2v) is 4.22. The maximum atomic E-state index is 12.7. The lowest BCUT2D eigenvalue weighted by Gasteiger charge is -2.16. The summed E-state index contributed by atoms with van der Waals surface area (Å²) in [5.74, 6) is 0.435. The molecule has 19 heavy (non-hydrogen) atoms. The third-order valence-electron chi connectivity index (χ3n) is 2.68. The molecule has 0 aliphatic heterocycles. The second kappa shape index (κ2) is 6.04. The van der Waals surface area contributed by atoms with Crippen LogP contribution in [0, 0.1) is 5.82 Å². The smallest absolute Gasteiger partial charge is 0.317 e. The number of benzene rings is 1. The van der Waals surface area contributed by atoms with Gasteiger partial charge in [-0.3, -0.25) is 0 Å². The van der Waals surface area contributed by atoms with Gasteiger partial charge < -0.3 is 14.6 Å². The fraction of sp³-hybridized carbons (Fsp3) is 0.214. The summed E-state index contributed by atoms with van der Waals surface area (Å²) in [5.41, 5.74) is 0.848. The highest BCUT2D eigenvalue weighted by Gasteiger charge is 2.09. The zero-order valence-corrected chi connectivity index (χ0v) is 10.6. The molecule has 2 aromatic rings. The number of carbonyl (C=O) groups excluding carboxylic acids is 1. The summed E-state index contributed by atoms with van der Waals surface area (Å²) in [6.45, 7) is 0.768. The molecule has 0 aliphatic rings. The van der Waals surface area contributed by atoms with Gasteiger partial charge in [0.1, 0.15) is 11.6 Å². The van der Waals surface area contributed by atoms with E-state index in [0.29, 0.717) is 13.1 Å². The number of hydrogen-bond donors (Lipinski definition) is 1. The Kier molecular flexibility index (Phi) is 4.18. The van der Waals surface area contributed by atoms with Gasteiger partial charge in [-0.15, -0.1) is 0 Å². The molecule has 0 saturated carbocycles. The second-order valence-electron chi connectivity index (χ2n) is 4.22. The molecule has 100 valence electrons. The first-order valence-electron chi connectivity index (χ1n) is 5.91. The summed E-state index contributed by atoms with van der Waals surface area (Å²) in [5, 5.41) is 2.75. The van der Waals surface area contributed by atoms with Crippen molar-refractivity contribution in [2.75, 3.05) is 7.05 Å². The molecule has 1 N–H and O–H groups in total. The van der Waals surface area contributed by atoms with E-state index >= 15 is 0 Å². The standard InChI is InChI=1S/C14H15FN2O2/c1-17(10-13-3-2-8-19-13)14(18)16-9-11-4-6-12(15)7-5-11/h2-8H,9-10H2,1H3,(H,16,18). The highest BCUT2D eigenvalue weighted by Crippen LogP contribution is 2.05. The van der Waals surface area contributed by atoms with Crippen LogP contribution in [0.4, 0.5) is 9.18 Å². The average molecular weight is 262 g/mol. The van der Waals surface area contributed by atoms with Crippen LogP contribution < -0.4 is 5.32 Å². The van der Waals surface area contributed by atoms with E-state index in [-0.39, 0.29) is 11.8 Å². The van der Waals surface area contributed by atoms with Crippen molar-refractivity contribution in [2.24, 2.45) is 0 Å². The number of rotatable bonds is 4. The Hall–Kier alpha value is -2.30. The van der Waals surface area contributed by atoms with Crippen LogP contribution in [0.25, 0.3) is 0 Å². The first kappa shape index (κ1) is 13.1. The molecule has 0 spiro atoms. The minimum absolute atomic E-state index is 0.208. The molecular formula is C14H15FN2O2. The minimum Gasteiger partial charge on any atom is -0.467 e. The van der Waals surface area contributed by atoms with Gasteiger partial charge in [-0.1, -0.05) is 12.1 Å². The summed E-state index contributed by atoms with van der Waals surface area (Å²) in [4.78, 5) is 13.3. The topological polar surface area (TPSA) is 45.5 Å². The average Bonchev–Trinajstić information content (AvgIpc) is 2.90. The number of urea groups is 1. The molecule has 0 radical (unpaired) electrons. The SMILES string of the molecule is CN(Cc1ccco1)C(=O)NCc1ccc(F)cc1. The lowest BCUT2D eigenvalue weighted by atomic mass is 10.2. The Morgan fingerprint density at radius 2 is 2.05 bits per heavy atom. The van der Waals surface area contributed by atoms with Crippen LogP contribution in [0.1, 0.15) is 11.3 Å². The van der Waals surface area contributed by atoms with E-state index in [1.165, 1.54) is 17.0 Å². The first-order chi connectivity index (χ1) is 9.15. The molecule has 0 fully saturated rings. The van der Waals surface area contributed by atoms with Crippen molar-refractivity contribution in [3.63, 3.8) is 0 Å². The Morgan fingerprint density at radius 1 is 1.32 bits per heavy atom. The fourth-order valence-corrected chi connectivity index (χ4v) is 1.62. The van der Waals surface area contributed by atoms with Crippen molar-refractivity contribution in [2.45, 2.75) is 13.1 Å². The van der Waals surface area contributed by atoms with Gasteiger partial charge in [0.05, 0.1) is 12.8 Å². The predicted octanol–water partition coefficient (Wildman–Crippen LogP) is 2.76. The van der Waals surface area contributed by atoms with Crippen molar-refractivity contribution in [3.05, 3.63) is 59.8 Å². The van der Waals surface area contributed by atoms with Crippen LogP contribution in [-0.2, 0) is 13.1 Å². The van der Waals surface area contributed by atoms with Gasteiger partial charge in [0, 0.05) is 13.6 Å². The lowest BCUT2D eigenvalue weighted by Crippen LogP contribution is -2.36. The van der Waals surface area contributed by atoms with Crippen molar-refractivity contribution in [1.82, 2.24) is 10.2 Å². The predicted molar refractivity (Wildman–Crippen MR) is 68.8 cm³/mol. The van der Waals surface area contributed by atoms with Crippen LogP contribution in [0.2, 0.25) is 0 Å². The fourth-order valence-electron chi connectivity index (χ4n) is 1.62. The molecule has 1 aromatic heterocycles. The van der Waals surface area contributed by atoms with Crippen LogP contribution in [0.5, 0.6) is 0 Å². The zero-order valence-electron chi connectivity index (χ0n) is 10.6. The van der Waals surface area contributed by atoms with Crippen molar-refractivity contribution in [3.8, 4) is 0 Å². The van der Waals surface area contributed by atoms with Crippen LogP contribution in [-0.4, -0.2) is 18.0 Å². The summed E-state index contributed by atoms with van der Waals surface area (Å²) in [7, 11) is 1.68. The van der Waals surface area contributed by atoms with Crippen molar-refractivity contribution in [1.29, 1.82) is 0 Å². The number of hydrogen-bond acceptors (Lipinski definition) is 2. The molecule has 0 aliphatic carbocycles. The Morgan fingerprint density at radius 3 is 2.68 bits per heavy atom. The van der Waals surface area contributed by atoms with E-state index in [4.69, 9.17) is 4.42 Å². The monoisotopic (exact) mass is 262 g/mol. The van der Waals surface area contributed by atoms with Crippen LogP contribution in [0.3, 0.4) is 0 Å². The van der Waals surface area contributed by atoms with E-state index in [2.05, 4.69) is 5.32 Å². The molecule has 4 nitrogen and oxygen atoms in total. The summed E-state index contributed by atoms with van der Waals surface area (Å²) < 4.78 is 17.9. The molecule has 0 atom stereocenters. The maximum Gasteiger partial charge on any atom is 0.317 e. The Labute approximate surface area is 110 Å². The number of amides is 2. The highest BCUT2D eigenvalue weighted by atomic mass is 19.1. The van der Waals surface area contributed by atoms with Gasteiger partial charge in [0.2, 0.25) is 0 Å².